The fourth-order valence-corrected chi connectivity index (χ4v) is 4.83. The SMILES string of the molecule is COc1ccc([C@@H]2CC(c3ccccc3)=NN2C(=O)COc2c(Cl)cc(Cl)c3ccc(C)nc23)cc1. The number of carbonyl (C=O) groups is 1. The van der Waals surface area contributed by atoms with Crippen molar-refractivity contribution in [2.45, 2.75) is 19.4 Å². The molecule has 1 aliphatic rings. The Morgan fingerprint density at radius 2 is 1.78 bits per heavy atom. The van der Waals surface area contributed by atoms with Crippen molar-refractivity contribution in [2.24, 2.45) is 5.10 Å². The van der Waals surface area contributed by atoms with Crippen molar-refractivity contribution in [3.05, 3.63) is 99.7 Å². The van der Waals surface area contributed by atoms with Crippen LogP contribution < -0.4 is 9.47 Å². The van der Waals surface area contributed by atoms with Crippen molar-refractivity contribution in [1.82, 2.24) is 9.99 Å². The van der Waals surface area contributed by atoms with E-state index < -0.39 is 0 Å². The molecule has 0 saturated heterocycles. The number of hydrogen-bond donors (Lipinski definition) is 0. The summed E-state index contributed by atoms with van der Waals surface area (Å²) < 4.78 is 11.3. The highest BCUT2D eigenvalue weighted by Crippen LogP contribution is 2.38. The Bertz CT molecular complexity index is 1460. The molecule has 0 unspecified atom stereocenters. The largest absolute Gasteiger partial charge is 0.497 e. The number of hydrazone groups is 1. The molecule has 8 heteroatoms. The molecule has 0 fully saturated rings. The second-order valence-corrected chi connectivity index (χ2v) is 9.27. The maximum absolute atomic E-state index is 13.5. The normalized spacial score (nSPS) is 15.2. The topological polar surface area (TPSA) is 64.0 Å². The molecular weight excluding hydrogens is 497 g/mol. The maximum atomic E-state index is 13.5. The molecule has 4 aromatic rings. The first-order chi connectivity index (χ1) is 17.4. The van der Waals surface area contributed by atoms with Gasteiger partial charge in [-0.15, -0.1) is 0 Å². The fourth-order valence-electron chi connectivity index (χ4n) is 4.26. The van der Waals surface area contributed by atoms with Gasteiger partial charge in [-0.3, -0.25) is 4.79 Å². The third-order valence-electron chi connectivity index (χ3n) is 6.09. The van der Waals surface area contributed by atoms with Crippen molar-refractivity contribution < 1.29 is 14.3 Å². The number of ether oxygens (including phenoxy) is 2. The Morgan fingerprint density at radius 1 is 1.03 bits per heavy atom. The lowest BCUT2D eigenvalue weighted by Gasteiger charge is -2.22. The summed E-state index contributed by atoms with van der Waals surface area (Å²) in [5.74, 6) is 0.767. The molecule has 0 spiro atoms. The number of aromatic nitrogens is 1. The van der Waals surface area contributed by atoms with Gasteiger partial charge in [0.05, 0.1) is 28.9 Å². The van der Waals surface area contributed by atoms with E-state index in [1.54, 1.807) is 13.2 Å². The van der Waals surface area contributed by atoms with Gasteiger partial charge in [0.15, 0.2) is 12.4 Å². The fraction of sp³-hybridized carbons (Fsp3) is 0.179. The van der Waals surface area contributed by atoms with Crippen LogP contribution in [0.1, 0.15) is 29.3 Å². The number of rotatable bonds is 6. The molecule has 182 valence electrons. The number of halogens is 2. The molecule has 0 aliphatic carbocycles. The predicted octanol–water partition coefficient (Wildman–Crippen LogP) is 6.62. The van der Waals surface area contributed by atoms with Gasteiger partial charge in [0.1, 0.15) is 11.3 Å². The van der Waals surface area contributed by atoms with E-state index >= 15 is 0 Å². The Kier molecular flexibility index (Phi) is 6.81. The summed E-state index contributed by atoms with van der Waals surface area (Å²) >= 11 is 12.8. The molecule has 0 N–H and O–H groups in total. The Balaban J connectivity index is 1.45. The van der Waals surface area contributed by atoms with Gasteiger partial charge in [-0.05, 0) is 48.4 Å². The molecule has 2 heterocycles. The molecule has 5 rings (SSSR count). The first-order valence-electron chi connectivity index (χ1n) is 11.4. The summed E-state index contributed by atoms with van der Waals surface area (Å²) in [5.41, 5.74) is 4.05. The zero-order chi connectivity index (χ0) is 25.2. The first-order valence-corrected chi connectivity index (χ1v) is 12.2. The lowest BCUT2D eigenvalue weighted by molar-refractivity contribution is -0.135. The third kappa shape index (κ3) is 4.74. The van der Waals surface area contributed by atoms with Crippen molar-refractivity contribution in [3.63, 3.8) is 0 Å². The van der Waals surface area contributed by atoms with Gasteiger partial charge < -0.3 is 9.47 Å². The Labute approximate surface area is 219 Å². The lowest BCUT2D eigenvalue weighted by Crippen LogP contribution is -2.31. The number of nitrogens with zero attached hydrogens (tertiary/aromatic N) is 3. The molecular formula is C28H23Cl2N3O3. The van der Waals surface area contributed by atoms with E-state index in [0.717, 1.165) is 28.3 Å². The predicted molar refractivity (Wildman–Crippen MR) is 142 cm³/mol. The van der Waals surface area contributed by atoms with E-state index in [9.17, 15) is 4.79 Å². The van der Waals surface area contributed by atoms with Crippen LogP contribution in [0.5, 0.6) is 11.5 Å². The van der Waals surface area contributed by atoms with E-state index in [0.29, 0.717) is 33.1 Å². The van der Waals surface area contributed by atoms with Gasteiger partial charge in [-0.2, -0.15) is 5.10 Å². The van der Waals surface area contributed by atoms with Gasteiger partial charge in [0.2, 0.25) is 0 Å². The second-order valence-electron chi connectivity index (χ2n) is 8.45. The van der Waals surface area contributed by atoms with Gasteiger partial charge in [0.25, 0.3) is 5.91 Å². The second kappa shape index (κ2) is 10.2. The Hall–Kier alpha value is -3.61. The number of amides is 1. The van der Waals surface area contributed by atoms with E-state index in [4.69, 9.17) is 37.8 Å². The van der Waals surface area contributed by atoms with Crippen LogP contribution in [0.4, 0.5) is 0 Å². The molecule has 6 nitrogen and oxygen atoms in total. The third-order valence-corrected chi connectivity index (χ3v) is 6.68. The number of aryl methyl sites for hydroxylation is 1. The number of carbonyl (C=O) groups excluding carboxylic acids is 1. The van der Waals surface area contributed by atoms with Gasteiger partial charge in [-0.25, -0.2) is 9.99 Å². The minimum absolute atomic E-state index is 0.260. The van der Waals surface area contributed by atoms with Gasteiger partial charge in [0, 0.05) is 17.5 Å². The molecule has 1 atom stereocenters. The van der Waals surface area contributed by atoms with Crippen LogP contribution in [0.2, 0.25) is 10.0 Å². The standard InChI is InChI=1S/C28H23Cl2N3O3/c1-17-8-13-21-22(29)14-23(30)28(27(21)31-17)36-16-26(34)33-25(19-9-11-20(35-2)12-10-19)15-24(32-33)18-6-4-3-5-7-18/h3-14,25H,15-16H2,1-2H3/t25-/m0/s1. The molecule has 0 radical (unpaired) electrons. The van der Waals surface area contributed by atoms with E-state index in [2.05, 4.69) is 4.98 Å². The van der Waals surface area contributed by atoms with Gasteiger partial charge in [-0.1, -0.05) is 65.7 Å². The number of methoxy groups -OCH3 is 1. The molecule has 3 aromatic carbocycles. The van der Waals surface area contributed by atoms with Crippen LogP contribution in [0.25, 0.3) is 10.9 Å². The number of hydrogen-bond acceptors (Lipinski definition) is 5. The van der Waals surface area contributed by atoms with Gasteiger partial charge >= 0.3 is 0 Å². The summed E-state index contributed by atoms with van der Waals surface area (Å²) in [6.07, 6.45) is 0.577. The summed E-state index contributed by atoms with van der Waals surface area (Å²) in [4.78, 5) is 18.0. The van der Waals surface area contributed by atoms with Crippen LogP contribution in [-0.2, 0) is 4.79 Å². The zero-order valence-corrected chi connectivity index (χ0v) is 21.3. The molecule has 0 saturated carbocycles. The van der Waals surface area contributed by atoms with E-state index in [1.807, 2.05) is 73.7 Å². The molecule has 1 amide bonds. The monoisotopic (exact) mass is 519 g/mol. The van der Waals surface area contributed by atoms with Crippen molar-refractivity contribution >= 4 is 45.7 Å². The average Bonchev–Trinajstić information content (AvgIpc) is 3.34. The smallest absolute Gasteiger partial charge is 0.281 e. The van der Waals surface area contributed by atoms with Crippen molar-refractivity contribution in [3.8, 4) is 11.5 Å². The molecule has 1 aromatic heterocycles. The quantitative estimate of drug-likeness (QED) is 0.287. The summed E-state index contributed by atoms with van der Waals surface area (Å²) in [7, 11) is 1.62. The summed E-state index contributed by atoms with van der Waals surface area (Å²) in [6, 6.07) is 22.5. The number of benzene rings is 3. The number of pyridine rings is 1. The minimum atomic E-state index is -0.298. The highest BCUT2D eigenvalue weighted by molar-refractivity contribution is 6.39. The van der Waals surface area contributed by atoms with Crippen LogP contribution >= 0.6 is 23.2 Å². The molecule has 1 aliphatic heterocycles. The minimum Gasteiger partial charge on any atom is -0.497 e. The number of fused-ring (bicyclic) bond motifs is 1. The lowest BCUT2D eigenvalue weighted by atomic mass is 9.98. The van der Waals surface area contributed by atoms with E-state index in [1.165, 1.54) is 5.01 Å². The first kappa shape index (κ1) is 24.1. The average molecular weight is 520 g/mol. The van der Waals surface area contributed by atoms with Crippen molar-refractivity contribution in [2.75, 3.05) is 13.7 Å². The Morgan fingerprint density at radius 3 is 2.50 bits per heavy atom. The highest BCUT2D eigenvalue weighted by Gasteiger charge is 2.33. The van der Waals surface area contributed by atoms with Crippen LogP contribution in [0.15, 0.2) is 77.9 Å². The highest BCUT2D eigenvalue weighted by atomic mass is 35.5. The van der Waals surface area contributed by atoms with Crippen LogP contribution in [0.3, 0.4) is 0 Å². The van der Waals surface area contributed by atoms with E-state index in [-0.39, 0.29) is 18.6 Å². The van der Waals surface area contributed by atoms with Crippen LogP contribution in [-0.4, -0.2) is 35.3 Å². The molecule has 36 heavy (non-hydrogen) atoms. The van der Waals surface area contributed by atoms with Crippen LogP contribution in [0, 0.1) is 6.92 Å². The van der Waals surface area contributed by atoms with Crippen molar-refractivity contribution in [1.29, 1.82) is 0 Å². The summed E-state index contributed by atoms with van der Waals surface area (Å²) in [6.45, 7) is 1.61. The zero-order valence-electron chi connectivity index (χ0n) is 19.7. The summed E-state index contributed by atoms with van der Waals surface area (Å²) in [5, 5.41) is 7.66. The molecule has 0 bridgehead atoms. The maximum Gasteiger partial charge on any atom is 0.281 e.